The summed E-state index contributed by atoms with van der Waals surface area (Å²) in [5.74, 6) is -0.719. The molecule has 3 atom stereocenters. The summed E-state index contributed by atoms with van der Waals surface area (Å²) in [4.78, 5) is 62.1. The lowest BCUT2D eigenvalue weighted by Gasteiger charge is -2.39. The number of nitrogens with one attached hydrogen (secondary N) is 3. The highest BCUT2D eigenvalue weighted by atomic mass is 32.1. The van der Waals surface area contributed by atoms with E-state index in [1.165, 1.54) is 4.90 Å². The van der Waals surface area contributed by atoms with E-state index in [-0.39, 0.29) is 37.4 Å². The van der Waals surface area contributed by atoms with Gasteiger partial charge < -0.3 is 36.0 Å². The molecule has 5 N–H and O–H groups in total. The van der Waals surface area contributed by atoms with E-state index in [9.17, 15) is 24.3 Å². The average molecular weight is 686 g/mol. The molecule has 3 heterocycles. The normalized spacial score (nSPS) is 19.2. The summed E-state index contributed by atoms with van der Waals surface area (Å²) in [7, 11) is 0. The second-order valence-corrected chi connectivity index (χ2v) is 14.7. The maximum Gasteiger partial charge on any atom is 0.404 e. The van der Waals surface area contributed by atoms with Crippen molar-refractivity contribution in [2.45, 2.75) is 84.5 Å². The van der Waals surface area contributed by atoms with E-state index >= 15 is 0 Å². The molecule has 5 amide bonds. The number of aliphatic hydroxyl groups is 1. The summed E-state index contributed by atoms with van der Waals surface area (Å²) in [5, 5.41) is 27.4. The zero-order valence-corrected chi connectivity index (χ0v) is 29.4. The SMILES string of the molecule is Cc1ncsc1-c1ccc(CNC(=O)[C@@H]2C[C@@H](O)CN2C(=O)C(NC(=O)N2CCN(CCCCCCNC(=O)O)CC2)C(C)(C)C)cc1. The number of unbranched alkanes of at least 4 members (excludes halogenated alkanes) is 3. The standard InChI is InChI=1S/C34H51N7O6S/c1-23-28(48-22-37-23)25-11-9-24(10-12-25)20-36-30(43)27-19-26(42)21-41(27)31(44)29(34(2,3)4)38-32(45)40-17-15-39(16-18-40)14-8-6-5-7-13-35-33(46)47/h9-12,22,26-27,29,35,42H,5-8,13-21H2,1-4H3,(H,36,43)(H,38,45)(H,46,47)/t26-,27+,29?/m1/s1. The van der Waals surface area contributed by atoms with Crippen molar-refractivity contribution < 1.29 is 29.4 Å². The van der Waals surface area contributed by atoms with Gasteiger partial charge in [-0.15, -0.1) is 11.3 Å². The zero-order valence-electron chi connectivity index (χ0n) is 28.5. The van der Waals surface area contributed by atoms with Gasteiger partial charge in [0.25, 0.3) is 0 Å². The molecule has 1 aromatic heterocycles. The number of aliphatic hydroxyl groups excluding tert-OH is 1. The van der Waals surface area contributed by atoms with Gasteiger partial charge in [-0.25, -0.2) is 14.6 Å². The highest BCUT2D eigenvalue weighted by molar-refractivity contribution is 7.13. The van der Waals surface area contributed by atoms with Gasteiger partial charge in [0.15, 0.2) is 0 Å². The number of carbonyl (C=O) groups excluding carboxylic acids is 3. The number of aromatic nitrogens is 1. The molecule has 14 heteroatoms. The first kappa shape index (κ1) is 37.1. The summed E-state index contributed by atoms with van der Waals surface area (Å²) < 4.78 is 0. The van der Waals surface area contributed by atoms with Crippen LogP contribution in [0.15, 0.2) is 29.8 Å². The molecule has 0 saturated carbocycles. The molecular formula is C34H51N7O6S. The molecule has 4 rings (SSSR count). The molecule has 2 fully saturated rings. The van der Waals surface area contributed by atoms with Crippen LogP contribution in [0.2, 0.25) is 0 Å². The summed E-state index contributed by atoms with van der Waals surface area (Å²) in [6.45, 7) is 11.9. The first-order chi connectivity index (χ1) is 22.8. The molecule has 1 aromatic carbocycles. The summed E-state index contributed by atoms with van der Waals surface area (Å²) in [6.07, 6.45) is 2.11. The summed E-state index contributed by atoms with van der Waals surface area (Å²) in [6, 6.07) is 5.87. The van der Waals surface area contributed by atoms with Crippen molar-refractivity contribution in [3.8, 4) is 10.4 Å². The molecule has 0 radical (unpaired) electrons. The number of aryl methyl sites for hydroxylation is 1. The molecule has 1 unspecified atom stereocenters. The number of nitrogens with zero attached hydrogens (tertiary/aromatic N) is 4. The lowest BCUT2D eigenvalue weighted by atomic mass is 9.85. The Hall–Kier alpha value is -3.75. The molecule has 2 aliphatic heterocycles. The fraction of sp³-hybridized carbons (Fsp3) is 0.618. The Morgan fingerprint density at radius 1 is 1.00 bits per heavy atom. The third kappa shape index (κ3) is 10.4. The summed E-state index contributed by atoms with van der Waals surface area (Å²) in [5.41, 5.74) is 4.13. The van der Waals surface area contributed by atoms with Crippen molar-refractivity contribution >= 4 is 35.3 Å². The third-order valence-corrected chi connectivity index (χ3v) is 9.99. The van der Waals surface area contributed by atoms with E-state index in [0.29, 0.717) is 19.6 Å². The Morgan fingerprint density at radius 2 is 1.69 bits per heavy atom. The van der Waals surface area contributed by atoms with E-state index in [4.69, 9.17) is 5.11 Å². The van der Waals surface area contributed by atoms with Crippen molar-refractivity contribution in [1.29, 1.82) is 0 Å². The van der Waals surface area contributed by atoms with Crippen LogP contribution in [0.4, 0.5) is 9.59 Å². The molecule has 2 aromatic rings. The Morgan fingerprint density at radius 3 is 2.31 bits per heavy atom. The minimum atomic E-state index is -0.992. The number of amides is 5. The number of piperazine rings is 1. The van der Waals surface area contributed by atoms with Crippen LogP contribution < -0.4 is 16.0 Å². The summed E-state index contributed by atoms with van der Waals surface area (Å²) >= 11 is 1.58. The van der Waals surface area contributed by atoms with Crippen LogP contribution in [0.25, 0.3) is 10.4 Å². The van der Waals surface area contributed by atoms with E-state index < -0.39 is 29.7 Å². The molecular weight excluding hydrogens is 634 g/mol. The van der Waals surface area contributed by atoms with Crippen LogP contribution >= 0.6 is 11.3 Å². The van der Waals surface area contributed by atoms with Crippen LogP contribution in [0, 0.1) is 12.3 Å². The number of hydrogen-bond donors (Lipinski definition) is 5. The number of urea groups is 1. The van der Waals surface area contributed by atoms with Crippen LogP contribution in [0.5, 0.6) is 0 Å². The van der Waals surface area contributed by atoms with Crippen LogP contribution in [0.1, 0.15) is 64.1 Å². The van der Waals surface area contributed by atoms with Crippen molar-refractivity contribution in [2.24, 2.45) is 5.41 Å². The lowest BCUT2D eigenvalue weighted by molar-refractivity contribution is -0.142. The molecule has 0 spiro atoms. The molecule has 2 aliphatic rings. The molecule has 13 nitrogen and oxygen atoms in total. The first-order valence-corrected chi connectivity index (χ1v) is 17.7. The Bertz CT molecular complexity index is 1390. The third-order valence-electron chi connectivity index (χ3n) is 9.01. The van der Waals surface area contributed by atoms with Gasteiger partial charge in [-0.3, -0.25) is 14.5 Å². The monoisotopic (exact) mass is 685 g/mol. The van der Waals surface area contributed by atoms with Gasteiger partial charge >= 0.3 is 12.1 Å². The van der Waals surface area contributed by atoms with Crippen molar-refractivity contribution in [3.05, 3.63) is 41.0 Å². The van der Waals surface area contributed by atoms with Crippen LogP contribution in [-0.4, -0.2) is 118 Å². The average Bonchev–Trinajstić information content (AvgIpc) is 3.66. The van der Waals surface area contributed by atoms with Gasteiger partial charge in [0.1, 0.15) is 12.1 Å². The number of thiazole rings is 1. The number of likely N-dealkylation sites (tertiary alicyclic amines) is 1. The van der Waals surface area contributed by atoms with Gasteiger partial charge in [-0.2, -0.15) is 0 Å². The predicted molar refractivity (Wildman–Crippen MR) is 185 cm³/mol. The van der Waals surface area contributed by atoms with Crippen LogP contribution in [-0.2, 0) is 16.1 Å². The quantitative estimate of drug-likeness (QED) is 0.200. The molecule has 2 saturated heterocycles. The highest BCUT2D eigenvalue weighted by Crippen LogP contribution is 2.28. The highest BCUT2D eigenvalue weighted by Gasteiger charge is 2.45. The molecule has 264 valence electrons. The van der Waals surface area contributed by atoms with Crippen molar-refractivity contribution in [2.75, 3.05) is 45.8 Å². The number of β-amino-alcohol motifs (C(OH)–C–C–N with tert-alkyl or cyclic N) is 1. The number of carboxylic acid groups (broad SMARTS) is 1. The Balaban J connectivity index is 1.27. The largest absolute Gasteiger partial charge is 0.465 e. The molecule has 0 bridgehead atoms. The minimum Gasteiger partial charge on any atom is -0.465 e. The zero-order chi connectivity index (χ0) is 34.8. The number of benzene rings is 1. The molecule has 48 heavy (non-hydrogen) atoms. The predicted octanol–water partition coefficient (Wildman–Crippen LogP) is 3.27. The molecule has 0 aliphatic carbocycles. The van der Waals surface area contributed by atoms with Crippen molar-refractivity contribution in [3.63, 3.8) is 0 Å². The first-order valence-electron chi connectivity index (χ1n) is 16.8. The van der Waals surface area contributed by atoms with Gasteiger partial charge in [0.2, 0.25) is 11.8 Å². The van der Waals surface area contributed by atoms with E-state index in [1.807, 2.05) is 57.5 Å². The minimum absolute atomic E-state index is 0.0248. The topological polar surface area (TPSA) is 167 Å². The smallest absolute Gasteiger partial charge is 0.404 e. The van der Waals surface area contributed by atoms with Crippen LogP contribution in [0.3, 0.4) is 0 Å². The number of carbonyl (C=O) groups is 4. The fourth-order valence-corrected chi connectivity index (χ4v) is 6.99. The maximum atomic E-state index is 14.0. The second kappa shape index (κ2) is 17.1. The fourth-order valence-electron chi connectivity index (χ4n) is 6.18. The van der Waals surface area contributed by atoms with Gasteiger partial charge in [-0.05, 0) is 42.9 Å². The van der Waals surface area contributed by atoms with E-state index in [0.717, 1.165) is 67.0 Å². The number of rotatable bonds is 13. The Labute approximate surface area is 287 Å². The second-order valence-electron chi connectivity index (χ2n) is 13.8. The van der Waals surface area contributed by atoms with Gasteiger partial charge in [0.05, 0.1) is 22.2 Å². The van der Waals surface area contributed by atoms with E-state index in [2.05, 4.69) is 25.8 Å². The van der Waals surface area contributed by atoms with Crippen molar-refractivity contribution in [1.82, 2.24) is 35.6 Å². The maximum absolute atomic E-state index is 14.0. The van der Waals surface area contributed by atoms with Gasteiger partial charge in [-0.1, -0.05) is 57.9 Å². The Kier molecular flexibility index (Phi) is 13.2. The lowest BCUT2D eigenvalue weighted by Crippen LogP contribution is -2.61. The van der Waals surface area contributed by atoms with Gasteiger partial charge in [0, 0.05) is 52.2 Å². The van der Waals surface area contributed by atoms with E-state index in [1.54, 1.807) is 16.2 Å². The number of hydrogen-bond acceptors (Lipinski definition) is 8.